The van der Waals surface area contributed by atoms with Crippen LogP contribution < -0.4 is 11.1 Å². The Morgan fingerprint density at radius 2 is 2.13 bits per heavy atom. The summed E-state index contributed by atoms with van der Waals surface area (Å²) in [6.07, 6.45) is 2.49. The van der Waals surface area contributed by atoms with Crippen LogP contribution in [0.1, 0.15) is 26.6 Å². The van der Waals surface area contributed by atoms with Crippen molar-refractivity contribution in [2.24, 2.45) is 11.1 Å². The molecule has 0 aromatic carbocycles. The van der Waals surface area contributed by atoms with Crippen molar-refractivity contribution in [3.8, 4) is 0 Å². The Balaban J connectivity index is 2.57. The lowest BCUT2D eigenvalue weighted by Gasteiger charge is -2.19. The maximum Gasteiger partial charge on any atom is 0.131 e. The maximum atomic E-state index is 5.45. The van der Waals surface area contributed by atoms with Crippen LogP contribution in [0.4, 0.5) is 5.82 Å². The second kappa shape index (κ2) is 5.07. The zero-order valence-electron chi connectivity index (χ0n) is 9.75. The van der Waals surface area contributed by atoms with E-state index in [1.807, 2.05) is 6.07 Å². The number of aromatic nitrogens is 2. The molecule has 0 amide bonds. The second-order valence-electron chi connectivity index (χ2n) is 4.81. The molecule has 84 valence electrons. The summed E-state index contributed by atoms with van der Waals surface area (Å²) in [5, 5.41) is 3.29. The van der Waals surface area contributed by atoms with E-state index in [0.717, 1.165) is 24.6 Å². The number of nitrogens with two attached hydrogens (primary N) is 1. The van der Waals surface area contributed by atoms with Crippen LogP contribution in [0.5, 0.6) is 0 Å². The van der Waals surface area contributed by atoms with Gasteiger partial charge in [0.1, 0.15) is 11.6 Å². The lowest BCUT2D eigenvalue weighted by atomic mass is 9.97. The monoisotopic (exact) mass is 208 g/mol. The normalized spacial score (nSPS) is 11.5. The summed E-state index contributed by atoms with van der Waals surface area (Å²) in [7, 11) is 0. The van der Waals surface area contributed by atoms with Crippen molar-refractivity contribution < 1.29 is 0 Å². The van der Waals surface area contributed by atoms with Gasteiger partial charge < -0.3 is 11.1 Å². The first kappa shape index (κ1) is 11.9. The molecule has 15 heavy (non-hydrogen) atoms. The Bertz CT molecular complexity index is 304. The van der Waals surface area contributed by atoms with Crippen molar-refractivity contribution in [3.63, 3.8) is 0 Å². The number of anilines is 1. The van der Waals surface area contributed by atoms with Gasteiger partial charge >= 0.3 is 0 Å². The molecule has 0 unspecified atom stereocenters. The Morgan fingerprint density at radius 3 is 2.73 bits per heavy atom. The van der Waals surface area contributed by atoms with E-state index in [9.17, 15) is 0 Å². The first-order valence-electron chi connectivity index (χ1n) is 5.27. The Kier molecular flexibility index (Phi) is 4.03. The molecule has 0 radical (unpaired) electrons. The molecule has 4 nitrogen and oxygen atoms in total. The van der Waals surface area contributed by atoms with Gasteiger partial charge in [0.2, 0.25) is 0 Å². The minimum atomic E-state index is 0.249. The fourth-order valence-electron chi connectivity index (χ4n) is 1.10. The largest absolute Gasteiger partial charge is 0.369 e. The minimum absolute atomic E-state index is 0.249. The molecule has 0 spiro atoms. The Hall–Kier alpha value is -1.16. The van der Waals surface area contributed by atoms with Gasteiger partial charge in [-0.05, 0) is 18.0 Å². The average molecular weight is 208 g/mol. The van der Waals surface area contributed by atoms with E-state index in [0.29, 0.717) is 6.54 Å². The van der Waals surface area contributed by atoms with E-state index in [1.165, 1.54) is 0 Å². The summed E-state index contributed by atoms with van der Waals surface area (Å²) in [6, 6.07) is 1.88. The van der Waals surface area contributed by atoms with Crippen molar-refractivity contribution in [1.82, 2.24) is 9.97 Å². The lowest BCUT2D eigenvalue weighted by Crippen LogP contribution is -2.20. The van der Waals surface area contributed by atoms with Crippen LogP contribution >= 0.6 is 0 Å². The van der Waals surface area contributed by atoms with Crippen molar-refractivity contribution in [2.45, 2.75) is 27.2 Å². The van der Waals surface area contributed by atoms with E-state index in [2.05, 4.69) is 36.1 Å². The topological polar surface area (TPSA) is 63.8 Å². The van der Waals surface area contributed by atoms with Crippen LogP contribution in [-0.2, 0) is 6.42 Å². The van der Waals surface area contributed by atoms with E-state index in [4.69, 9.17) is 5.73 Å². The molecule has 0 atom stereocenters. The van der Waals surface area contributed by atoms with Crippen LogP contribution in [-0.4, -0.2) is 23.1 Å². The summed E-state index contributed by atoms with van der Waals surface area (Å²) >= 11 is 0. The predicted molar refractivity (Wildman–Crippen MR) is 62.7 cm³/mol. The van der Waals surface area contributed by atoms with Crippen LogP contribution in [0.15, 0.2) is 12.3 Å². The Labute approximate surface area is 91.3 Å². The zero-order chi connectivity index (χ0) is 11.3. The number of rotatable bonds is 4. The molecule has 1 rings (SSSR count). The number of nitrogens with zero attached hydrogens (tertiary/aromatic N) is 2. The van der Waals surface area contributed by atoms with Gasteiger partial charge in [-0.2, -0.15) is 0 Å². The zero-order valence-corrected chi connectivity index (χ0v) is 9.75. The minimum Gasteiger partial charge on any atom is -0.369 e. The standard InChI is InChI=1S/C11H20N4/c1-11(2,3)8-14-10-5-7-13-9(15-10)4-6-12/h5,7H,4,6,8,12H2,1-3H3,(H,13,14,15). The smallest absolute Gasteiger partial charge is 0.131 e. The van der Waals surface area contributed by atoms with Gasteiger partial charge in [-0.1, -0.05) is 20.8 Å². The van der Waals surface area contributed by atoms with Gasteiger partial charge in [0.05, 0.1) is 0 Å². The third-order valence-electron chi connectivity index (χ3n) is 1.87. The fourth-order valence-corrected chi connectivity index (χ4v) is 1.10. The van der Waals surface area contributed by atoms with Crippen molar-refractivity contribution in [3.05, 3.63) is 18.1 Å². The summed E-state index contributed by atoms with van der Waals surface area (Å²) in [4.78, 5) is 8.51. The Morgan fingerprint density at radius 1 is 1.40 bits per heavy atom. The average Bonchev–Trinajstić information content (AvgIpc) is 2.15. The fraction of sp³-hybridized carbons (Fsp3) is 0.636. The highest BCUT2D eigenvalue weighted by Gasteiger charge is 2.09. The third kappa shape index (κ3) is 4.74. The summed E-state index contributed by atoms with van der Waals surface area (Å²) < 4.78 is 0. The van der Waals surface area contributed by atoms with Gasteiger partial charge in [0.25, 0.3) is 0 Å². The molecular formula is C11H20N4. The number of hydrogen-bond acceptors (Lipinski definition) is 4. The molecule has 0 aliphatic carbocycles. The molecule has 0 saturated carbocycles. The predicted octanol–water partition coefficient (Wildman–Crippen LogP) is 1.44. The molecule has 1 aromatic rings. The van der Waals surface area contributed by atoms with Crippen LogP contribution in [0.2, 0.25) is 0 Å². The van der Waals surface area contributed by atoms with Gasteiger partial charge in [-0.3, -0.25) is 0 Å². The third-order valence-corrected chi connectivity index (χ3v) is 1.87. The molecule has 0 saturated heterocycles. The first-order valence-corrected chi connectivity index (χ1v) is 5.27. The highest BCUT2D eigenvalue weighted by atomic mass is 15.0. The number of nitrogens with one attached hydrogen (secondary N) is 1. The maximum absolute atomic E-state index is 5.45. The van der Waals surface area contributed by atoms with E-state index in [-0.39, 0.29) is 5.41 Å². The summed E-state index contributed by atoms with van der Waals surface area (Å²) in [5.41, 5.74) is 5.70. The highest BCUT2D eigenvalue weighted by Crippen LogP contribution is 2.13. The van der Waals surface area contributed by atoms with E-state index < -0.39 is 0 Å². The van der Waals surface area contributed by atoms with E-state index >= 15 is 0 Å². The van der Waals surface area contributed by atoms with Crippen molar-refractivity contribution in [2.75, 3.05) is 18.4 Å². The highest BCUT2D eigenvalue weighted by molar-refractivity contribution is 5.33. The first-order chi connectivity index (χ1) is 7.01. The molecular weight excluding hydrogens is 188 g/mol. The molecule has 0 bridgehead atoms. The van der Waals surface area contributed by atoms with Crippen LogP contribution in [0.3, 0.4) is 0 Å². The van der Waals surface area contributed by atoms with Gasteiger partial charge in [-0.25, -0.2) is 9.97 Å². The second-order valence-corrected chi connectivity index (χ2v) is 4.81. The van der Waals surface area contributed by atoms with Gasteiger partial charge in [-0.15, -0.1) is 0 Å². The summed E-state index contributed by atoms with van der Waals surface area (Å²) in [6.45, 7) is 8.03. The lowest BCUT2D eigenvalue weighted by molar-refractivity contribution is 0.442. The number of hydrogen-bond donors (Lipinski definition) is 2. The summed E-state index contributed by atoms with van der Waals surface area (Å²) in [5.74, 6) is 1.68. The quantitative estimate of drug-likeness (QED) is 0.785. The SMILES string of the molecule is CC(C)(C)CNc1ccnc(CCN)n1. The van der Waals surface area contributed by atoms with Crippen molar-refractivity contribution >= 4 is 5.82 Å². The van der Waals surface area contributed by atoms with Crippen LogP contribution in [0.25, 0.3) is 0 Å². The molecule has 0 fully saturated rings. The molecule has 4 heteroatoms. The van der Waals surface area contributed by atoms with Gasteiger partial charge in [0, 0.05) is 19.2 Å². The van der Waals surface area contributed by atoms with Gasteiger partial charge in [0.15, 0.2) is 0 Å². The molecule has 1 aromatic heterocycles. The molecule has 0 aliphatic rings. The van der Waals surface area contributed by atoms with E-state index in [1.54, 1.807) is 6.20 Å². The van der Waals surface area contributed by atoms with Crippen LogP contribution in [0, 0.1) is 5.41 Å². The molecule has 0 aliphatic heterocycles. The molecule has 1 heterocycles. The molecule has 3 N–H and O–H groups in total. The van der Waals surface area contributed by atoms with Crippen molar-refractivity contribution in [1.29, 1.82) is 0 Å².